The number of urea groups is 5. The number of nitrogens with zero attached hydrogens (tertiary/aromatic N) is 9. The van der Waals surface area contributed by atoms with Gasteiger partial charge in [-0.1, -0.05) is 42.8 Å². The number of Topliss-reactive ketones (excluding diaryl/α,β-unsaturated/α-hetero) is 1. The van der Waals surface area contributed by atoms with Crippen LogP contribution in [0.1, 0.15) is 83.7 Å². The summed E-state index contributed by atoms with van der Waals surface area (Å²) in [6.07, 6.45) is 9.46. The molecule has 0 saturated carbocycles. The quantitative estimate of drug-likeness (QED) is 0.0236. The summed E-state index contributed by atoms with van der Waals surface area (Å²) in [6.45, 7) is 16.0. The van der Waals surface area contributed by atoms with Gasteiger partial charge in [0.15, 0.2) is 17.3 Å². The number of aryl methyl sites for hydroxylation is 1. The maximum absolute atomic E-state index is 14.5. The molecule has 10 aromatic carbocycles. The van der Waals surface area contributed by atoms with Crippen molar-refractivity contribution in [3.05, 3.63) is 282 Å². The summed E-state index contributed by atoms with van der Waals surface area (Å²) in [6, 6.07) is 63.4. The summed E-state index contributed by atoms with van der Waals surface area (Å²) in [7, 11) is 1.89. The Balaban J connectivity index is 0.000000137. The molecule has 5 fully saturated rings. The molecule has 2 aromatic heterocycles. The third-order valence-corrected chi connectivity index (χ3v) is 23.1. The van der Waals surface area contributed by atoms with E-state index in [1.807, 2.05) is 117 Å². The summed E-state index contributed by atoms with van der Waals surface area (Å²) in [4.78, 5) is 95.3. The number of carbonyl (C=O) groups is 7. The number of aromatic nitrogens is 4. The molecule has 11 amide bonds. The number of morpholine rings is 3. The van der Waals surface area contributed by atoms with Crippen molar-refractivity contribution in [3.8, 4) is 17.2 Å². The first-order valence-electron chi connectivity index (χ1n) is 45.4. The lowest BCUT2D eigenvalue weighted by Crippen LogP contribution is -2.40. The van der Waals surface area contributed by atoms with Crippen molar-refractivity contribution in [2.24, 2.45) is 7.05 Å². The second-order valence-electron chi connectivity index (χ2n) is 32.9. The molecule has 18 rings (SSSR count). The number of benzene rings is 10. The van der Waals surface area contributed by atoms with Crippen LogP contribution in [-0.4, -0.2) is 200 Å². The predicted octanol–water partition coefficient (Wildman–Crippen LogP) is 19.8. The molecule has 0 bridgehead atoms. The van der Waals surface area contributed by atoms with Gasteiger partial charge in [-0.15, -0.1) is 0 Å². The van der Waals surface area contributed by atoms with Crippen LogP contribution in [0.25, 0.3) is 16.6 Å². The highest BCUT2D eigenvalue weighted by molar-refractivity contribution is 6.30. The number of piperidine rings is 2. The van der Waals surface area contributed by atoms with E-state index in [1.54, 1.807) is 135 Å². The summed E-state index contributed by atoms with van der Waals surface area (Å²) in [5.41, 5.74) is 12.4. The maximum Gasteiger partial charge on any atom is 0.323 e. The molecule has 137 heavy (non-hydrogen) atoms. The molecule has 0 spiro atoms. The van der Waals surface area contributed by atoms with E-state index in [2.05, 4.69) is 78.1 Å². The van der Waals surface area contributed by atoms with Crippen molar-refractivity contribution < 1.29 is 74.8 Å². The highest BCUT2D eigenvalue weighted by Crippen LogP contribution is 2.36. The van der Waals surface area contributed by atoms with E-state index >= 15 is 0 Å². The molecule has 6 aliphatic heterocycles. The van der Waals surface area contributed by atoms with Gasteiger partial charge < -0.3 is 91.6 Å². The number of alkyl halides is 2. The van der Waals surface area contributed by atoms with Crippen molar-refractivity contribution in [2.45, 2.75) is 70.9 Å². The molecule has 0 aliphatic carbocycles. The average Bonchev–Trinajstić information content (AvgIpc) is 1.34. The SMILES string of the molecule is CCCC(=O)c1ccc(NC(=O)Nc2ccc(C(=O)N3CCOCC3)cc2)cc1.Cn1ncc2cc(NC(=O)Nc3ccc(CN4CCOCC4)cc3)ccc21.O=C(Nc1ccc(CN2CCOCC2)cc1)Nc1ccc(-n2cccn2)cc1.O=C(Nc1ccc(Cl)cc1)Nc1ccc(N2CCC(F)(F)CC2)c(F)c1.O=C(Nc1ccc(N2CCCCC2)c(F)c1)Nc1ccc2c(c1)OCCO2. The van der Waals surface area contributed by atoms with Crippen LogP contribution in [0.5, 0.6) is 11.5 Å². The van der Waals surface area contributed by atoms with E-state index in [0.717, 1.165) is 137 Å². The second-order valence-corrected chi connectivity index (χ2v) is 33.4. The van der Waals surface area contributed by atoms with Crippen molar-refractivity contribution in [1.29, 1.82) is 0 Å². The molecule has 10 N–H and O–H groups in total. The Morgan fingerprint density at radius 2 is 0.803 bits per heavy atom. The summed E-state index contributed by atoms with van der Waals surface area (Å²) in [5, 5.41) is 37.3. The minimum atomic E-state index is -2.69. The highest BCUT2D eigenvalue weighted by atomic mass is 35.5. The fourth-order valence-corrected chi connectivity index (χ4v) is 15.7. The van der Waals surface area contributed by atoms with E-state index < -0.39 is 29.8 Å². The molecule has 5 saturated heterocycles. The number of ketones is 1. The molecule has 31 nitrogen and oxygen atoms in total. The zero-order valence-corrected chi connectivity index (χ0v) is 76.8. The Labute approximate surface area is 795 Å². The molecule has 6 aliphatic rings. The van der Waals surface area contributed by atoms with E-state index in [0.29, 0.717) is 108 Å². The van der Waals surface area contributed by atoms with Gasteiger partial charge in [0.25, 0.3) is 11.8 Å². The van der Waals surface area contributed by atoms with Crippen LogP contribution in [-0.2, 0) is 34.3 Å². The lowest BCUT2D eigenvalue weighted by atomic mass is 10.1. The fraction of sp³-hybridized carbons (Fsp3) is 0.297. The molecule has 0 atom stereocenters. The molecule has 12 aromatic rings. The van der Waals surface area contributed by atoms with Crippen LogP contribution in [0.15, 0.2) is 243 Å². The van der Waals surface area contributed by atoms with E-state index in [-0.39, 0.29) is 66.9 Å². The van der Waals surface area contributed by atoms with Crippen molar-refractivity contribution in [3.63, 3.8) is 0 Å². The van der Waals surface area contributed by atoms with Gasteiger partial charge in [-0.05, 0) is 231 Å². The summed E-state index contributed by atoms with van der Waals surface area (Å²) in [5.74, 6) is -2.28. The van der Waals surface area contributed by atoms with Gasteiger partial charge in [0.05, 0.1) is 68.4 Å². The lowest BCUT2D eigenvalue weighted by Gasteiger charge is -2.33. The van der Waals surface area contributed by atoms with Gasteiger partial charge in [0.2, 0.25) is 0 Å². The number of hydrogen-bond donors (Lipinski definition) is 10. The van der Waals surface area contributed by atoms with E-state index in [1.165, 1.54) is 41.8 Å². The Kier molecular flexibility index (Phi) is 35.2. The van der Waals surface area contributed by atoms with Gasteiger partial charge in [-0.3, -0.25) is 24.1 Å². The first kappa shape index (κ1) is 98.4. The maximum atomic E-state index is 14.5. The Bertz CT molecular complexity index is 6000. The topological polar surface area (TPSA) is 338 Å². The number of fused-ring (bicyclic) bond motifs is 2. The van der Waals surface area contributed by atoms with Crippen LogP contribution < -0.4 is 72.4 Å². The van der Waals surface area contributed by atoms with Crippen LogP contribution in [0, 0.1) is 11.6 Å². The largest absolute Gasteiger partial charge is 0.486 e. The van der Waals surface area contributed by atoms with Crippen LogP contribution in [0.4, 0.5) is 110 Å². The zero-order chi connectivity index (χ0) is 95.8. The predicted molar refractivity (Wildman–Crippen MR) is 526 cm³/mol. The molecule has 0 unspecified atom stereocenters. The van der Waals surface area contributed by atoms with Gasteiger partial charge in [-0.2, -0.15) is 10.2 Å². The smallest absolute Gasteiger partial charge is 0.323 e. The number of carbonyl (C=O) groups excluding carboxylic acids is 7. The lowest BCUT2D eigenvalue weighted by molar-refractivity contribution is -0.0221. The number of hydrogen-bond acceptors (Lipinski definition) is 18. The van der Waals surface area contributed by atoms with Gasteiger partial charge in [0.1, 0.15) is 24.8 Å². The van der Waals surface area contributed by atoms with Gasteiger partial charge in [0, 0.05) is 202 Å². The van der Waals surface area contributed by atoms with Crippen LogP contribution in [0.2, 0.25) is 5.02 Å². The normalized spacial score (nSPS) is 15.0. The third-order valence-electron chi connectivity index (χ3n) is 22.8. The molecular formula is C101H110ClF4N19O12. The van der Waals surface area contributed by atoms with Gasteiger partial charge >= 0.3 is 30.2 Å². The number of ether oxygens (including phenoxy) is 5. The highest BCUT2D eigenvalue weighted by Gasteiger charge is 2.35. The zero-order valence-electron chi connectivity index (χ0n) is 76.0. The van der Waals surface area contributed by atoms with Crippen LogP contribution >= 0.6 is 11.6 Å². The summed E-state index contributed by atoms with van der Waals surface area (Å²) < 4.78 is 85.8. The number of amides is 11. The van der Waals surface area contributed by atoms with Crippen molar-refractivity contribution in [1.82, 2.24) is 34.3 Å². The Morgan fingerprint density at radius 1 is 0.409 bits per heavy atom. The minimum Gasteiger partial charge on any atom is -0.486 e. The number of anilines is 12. The van der Waals surface area contributed by atoms with E-state index in [4.69, 9.17) is 35.3 Å². The number of halogens is 5. The van der Waals surface area contributed by atoms with E-state index in [9.17, 15) is 51.1 Å². The molecule has 8 heterocycles. The summed E-state index contributed by atoms with van der Waals surface area (Å²) >= 11 is 5.77. The molecule has 36 heteroatoms. The Morgan fingerprint density at radius 3 is 1.26 bits per heavy atom. The fourth-order valence-electron chi connectivity index (χ4n) is 15.6. The number of nitrogens with one attached hydrogen (secondary N) is 10. The molecule has 0 radical (unpaired) electrons. The second kappa shape index (κ2) is 49.0. The first-order valence-corrected chi connectivity index (χ1v) is 45.8. The standard InChI is InChI=1S/C22H25N3O4.C21H23N5O2.C20H22FN3O3.C20H23N5O2.C18H17ClF3N3O/c1-2-3-20(26)16-4-8-18(9-5-16)23-22(28)24-19-10-6-17(7-11-19)21(27)25-12-14-29-15-13-25;27-21(24-19-6-8-20(9-7-19)26-11-1-10-22-26)23-18-4-2-17(3-5-18)16-25-12-14-28-15-13-25;21-16-12-14(4-6-17(16)24-8-2-1-3-9-24)22-20(25)23-15-5-7-18-19(13-15)27-11-10-26-18;1-24-19-7-6-18(12-16(19)13-21-24)23-20(26)22-17-4-2-15(3-5-17)14-25-8-10-27-11-9-25;19-12-1-3-13(4-2-12)23-17(26)24-14-5-6-16(15(20)11-14)25-9-7-18(21,22)8-10-25/h4-11H,2-3,12-15H2,1H3,(H2,23,24,28);1-11H,12-16H2,(H2,23,24,27);4-7,12-13H,1-3,8-11H2,(H2,22,23,25);2-7,12-13H,8-11,14H2,1H3,(H2,22,23,26);1-6,11H,7-10H2,(H2,23,24,26). The Hall–Kier alpha value is -14.6. The average molecular weight is 1890 g/mol. The van der Waals surface area contributed by atoms with Crippen molar-refractivity contribution in [2.75, 3.05) is 181 Å². The molecule has 716 valence electrons. The van der Waals surface area contributed by atoms with Crippen LogP contribution in [0.3, 0.4) is 0 Å². The number of rotatable bonds is 21. The first-order chi connectivity index (χ1) is 66.5. The minimum absolute atomic E-state index is 0.0398. The van der Waals surface area contributed by atoms with Gasteiger partial charge in [-0.25, -0.2) is 46.2 Å². The van der Waals surface area contributed by atoms with Crippen molar-refractivity contribution >= 4 is 133 Å². The third kappa shape index (κ3) is 30.2. The molecular weight excluding hydrogens is 1780 g/mol. The monoisotopic (exact) mass is 1890 g/mol.